The molecule has 1 aliphatic heterocycles. The van der Waals surface area contributed by atoms with Gasteiger partial charge in [0.1, 0.15) is 29.3 Å². The maximum Gasteiger partial charge on any atom is 0.416 e. The monoisotopic (exact) mass is 498 g/mol. The first-order valence-electron chi connectivity index (χ1n) is 11.1. The van der Waals surface area contributed by atoms with Gasteiger partial charge in [0.2, 0.25) is 0 Å². The van der Waals surface area contributed by atoms with E-state index in [0.29, 0.717) is 48.4 Å². The van der Waals surface area contributed by atoms with Gasteiger partial charge in [0.05, 0.1) is 17.0 Å². The number of carboxylic acid groups (broad SMARTS) is 1. The summed E-state index contributed by atoms with van der Waals surface area (Å²) >= 11 is 0. The normalized spacial score (nSPS) is 14.8. The lowest BCUT2D eigenvalue weighted by atomic mass is 10.1. The van der Waals surface area contributed by atoms with Gasteiger partial charge in [0.15, 0.2) is 5.65 Å². The highest BCUT2D eigenvalue weighted by Gasteiger charge is 2.30. The third-order valence-corrected chi connectivity index (χ3v) is 6.14. The number of nitrogens with zero attached hydrogens (tertiary/aromatic N) is 5. The lowest BCUT2D eigenvalue weighted by molar-refractivity contribution is -0.137. The van der Waals surface area contributed by atoms with Crippen molar-refractivity contribution in [3.05, 3.63) is 60.4 Å². The summed E-state index contributed by atoms with van der Waals surface area (Å²) in [6.45, 7) is 0.792. The molecule has 5 rings (SSSR count). The number of anilines is 1. The highest BCUT2D eigenvalue weighted by molar-refractivity contribution is 5.98. The third-order valence-electron chi connectivity index (χ3n) is 6.14. The molecule has 1 amide bonds. The molecule has 0 spiro atoms. The Morgan fingerprint density at radius 3 is 2.19 bits per heavy atom. The van der Waals surface area contributed by atoms with Gasteiger partial charge in [-0.15, -0.1) is 0 Å². The highest BCUT2D eigenvalue weighted by Crippen LogP contribution is 2.36. The van der Waals surface area contributed by atoms with Crippen LogP contribution in [-0.2, 0) is 6.18 Å². The van der Waals surface area contributed by atoms with Gasteiger partial charge in [-0.25, -0.2) is 19.4 Å². The number of aromatic nitrogens is 4. The first kappa shape index (κ1) is 23.4. The van der Waals surface area contributed by atoms with Crippen molar-refractivity contribution in [3.63, 3.8) is 0 Å². The lowest BCUT2D eigenvalue weighted by Crippen LogP contribution is -2.38. The van der Waals surface area contributed by atoms with Gasteiger partial charge in [-0.1, -0.05) is 0 Å². The van der Waals surface area contributed by atoms with Crippen molar-refractivity contribution in [1.29, 1.82) is 0 Å². The molecule has 4 aromatic rings. The maximum atomic E-state index is 12.8. The number of hydrogen-bond donors (Lipinski definition) is 2. The van der Waals surface area contributed by atoms with Crippen molar-refractivity contribution in [3.8, 4) is 22.8 Å². The highest BCUT2D eigenvalue weighted by atomic mass is 19.4. The average molecular weight is 498 g/mol. The van der Waals surface area contributed by atoms with Crippen LogP contribution in [0.3, 0.4) is 0 Å². The Bertz CT molecular complexity index is 1400. The largest absolute Gasteiger partial charge is 0.465 e. The molecule has 0 aliphatic carbocycles. The number of halogens is 3. The smallest absolute Gasteiger partial charge is 0.416 e. The molecule has 1 aliphatic rings. The zero-order valence-electron chi connectivity index (χ0n) is 18.8. The summed E-state index contributed by atoms with van der Waals surface area (Å²) in [6.07, 6.45) is -2.80. The van der Waals surface area contributed by atoms with E-state index in [9.17, 15) is 23.1 Å². The molecule has 9 nitrogen and oxygen atoms in total. The van der Waals surface area contributed by atoms with Crippen LogP contribution >= 0.6 is 0 Å². The lowest BCUT2D eigenvalue weighted by Gasteiger charge is -2.30. The van der Waals surface area contributed by atoms with Crippen molar-refractivity contribution in [2.45, 2.75) is 25.1 Å². The molecule has 186 valence electrons. The molecule has 1 fully saturated rings. The van der Waals surface area contributed by atoms with E-state index < -0.39 is 17.8 Å². The van der Waals surface area contributed by atoms with Gasteiger partial charge < -0.3 is 20.5 Å². The molecule has 0 unspecified atom stereocenters. The Balaban J connectivity index is 1.41. The zero-order valence-corrected chi connectivity index (χ0v) is 18.8. The maximum absolute atomic E-state index is 12.8. The summed E-state index contributed by atoms with van der Waals surface area (Å²) in [4.78, 5) is 21.1. The molecule has 3 heterocycles. The van der Waals surface area contributed by atoms with Crippen LogP contribution in [-0.4, -0.2) is 48.9 Å². The van der Waals surface area contributed by atoms with Gasteiger partial charge >= 0.3 is 12.3 Å². The van der Waals surface area contributed by atoms with Crippen LogP contribution in [0.2, 0.25) is 0 Å². The van der Waals surface area contributed by atoms with E-state index >= 15 is 0 Å². The third kappa shape index (κ3) is 4.49. The second-order valence-corrected chi connectivity index (χ2v) is 8.40. The summed E-state index contributed by atoms with van der Waals surface area (Å²) in [5.41, 5.74) is 7.29. The van der Waals surface area contributed by atoms with Gasteiger partial charge in [0.25, 0.3) is 0 Å². The molecule has 12 heteroatoms. The number of hydrogen-bond acceptors (Lipinski definition) is 6. The summed E-state index contributed by atoms with van der Waals surface area (Å²) in [5.74, 6) is 0.984. The standard InChI is InChI=1S/C24H21F3N6O3/c25-24(26,27)15-3-7-18(8-4-15)36-17-5-1-14(2-6-17)20-19-21(28)29-13-30-22(19)33(31-20)16-9-11-32(12-10-16)23(34)35/h1-8,13,16H,9-12H2,(H,34,35)(H2,28,29,30). The number of alkyl halides is 3. The van der Waals surface area contributed by atoms with Crippen LogP contribution in [0, 0.1) is 0 Å². The predicted octanol–water partition coefficient (Wildman–Crippen LogP) is 5.20. The fourth-order valence-corrected chi connectivity index (χ4v) is 4.28. The first-order valence-corrected chi connectivity index (χ1v) is 11.1. The van der Waals surface area contributed by atoms with Crippen LogP contribution in [0.1, 0.15) is 24.4 Å². The molecule has 0 atom stereocenters. The molecule has 0 saturated carbocycles. The van der Waals surface area contributed by atoms with Gasteiger partial charge in [0, 0.05) is 18.7 Å². The molecule has 2 aromatic heterocycles. The quantitative estimate of drug-likeness (QED) is 0.397. The fraction of sp³-hybridized carbons (Fsp3) is 0.250. The van der Waals surface area contributed by atoms with E-state index in [4.69, 9.17) is 15.6 Å². The summed E-state index contributed by atoms with van der Waals surface area (Å²) in [6, 6.07) is 11.3. The molecular formula is C24H21F3N6O3. The van der Waals surface area contributed by atoms with Crippen molar-refractivity contribution in [2.75, 3.05) is 18.8 Å². The Hall–Kier alpha value is -4.35. The summed E-state index contributed by atoms with van der Waals surface area (Å²) in [7, 11) is 0. The van der Waals surface area contributed by atoms with Gasteiger partial charge in [-0.05, 0) is 61.4 Å². The van der Waals surface area contributed by atoms with E-state index in [-0.39, 0.29) is 17.6 Å². The summed E-state index contributed by atoms with van der Waals surface area (Å²) < 4.78 is 45.8. The number of carbonyl (C=O) groups is 1. The van der Waals surface area contributed by atoms with Crippen molar-refractivity contribution in [1.82, 2.24) is 24.6 Å². The number of likely N-dealkylation sites (tertiary alicyclic amines) is 1. The van der Waals surface area contributed by atoms with E-state index in [1.807, 2.05) is 0 Å². The number of fused-ring (bicyclic) bond motifs is 1. The number of nitrogen functional groups attached to an aromatic ring is 1. The minimum atomic E-state index is -4.41. The van der Waals surface area contributed by atoms with Crippen LogP contribution in [0.5, 0.6) is 11.5 Å². The molecule has 1 saturated heterocycles. The van der Waals surface area contributed by atoms with E-state index in [0.717, 1.165) is 17.7 Å². The predicted molar refractivity (Wildman–Crippen MR) is 125 cm³/mol. The molecular weight excluding hydrogens is 477 g/mol. The molecule has 0 bridgehead atoms. The number of benzene rings is 2. The number of rotatable bonds is 4. The second-order valence-electron chi connectivity index (χ2n) is 8.40. The van der Waals surface area contributed by atoms with Crippen molar-refractivity contribution in [2.24, 2.45) is 0 Å². The number of piperidine rings is 1. The Labute approximate surface area is 202 Å². The van der Waals surface area contributed by atoms with Crippen LogP contribution in [0.25, 0.3) is 22.3 Å². The summed E-state index contributed by atoms with van der Waals surface area (Å²) in [5, 5.41) is 14.6. The first-order chi connectivity index (χ1) is 17.2. The minimum absolute atomic E-state index is 0.0478. The topological polar surface area (TPSA) is 119 Å². The van der Waals surface area contributed by atoms with E-state index in [2.05, 4.69) is 9.97 Å². The molecule has 2 aromatic carbocycles. The molecule has 3 N–H and O–H groups in total. The van der Waals surface area contributed by atoms with Crippen LogP contribution in [0.4, 0.5) is 23.8 Å². The van der Waals surface area contributed by atoms with E-state index in [1.165, 1.54) is 23.4 Å². The van der Waals surface area contributed by atoms with Crippen LogP contribution in [0.15, 0.2) is 54.9 Å². The molecule has 0 radical (unpaired) electrons. The Morgan fingerprint density at radius 1 is 1.00 bits per heavy atom. The van der Waals surface area contributed by atoms with Crippen molar-refractivity contribution >= 4 is 22.9 Å². The number of amides is 1. The fourth-order valence-electron chi connectivity index (χ4n) is 4.28. The minimum Gasteiger partial charge on any atom is -0.465 e. The van der Waals surface area contributed by atoms with Gasteiger partial charge in [-0.2, -0.15) is 18.3 Å². The van der Waals surface area contributed by atoms with Crippen LogP contribution < -0.4 is 10.5 Å². The van der Waals surface area contributed by atoms with Gasteiger partial charge in [-0.3, -0.25) is 0 Å². The molecule has 36 heavy (non-hydrogen) atoms. The second kappa shape index (κ2) is 9.02. The SMILES string of the molecule is Nc1ncnc2c1c(-c1ccc(Oc3ccc(C(F)(F)F)cc3)cc1)nn2C1CCN(C(=O)O)CC1. The number of nitrogens with two attached hydrogens (primary N) is 1. The Morgan fingerprint density at radius 2 is 1.61 bits per heavy atom. The Kier molecular flexibility index (Phi) is 5.86. The van der Waals surface area contributed by atoms with Crippen molar-refractivity contribution < 1.29 is 27.8 Å². The average Bonchev–Trinajstić information content (AvgIpc) is 3.25. The zero-order chi connectivity index (χ0) is 25.4. The number of ether oxygens (including phenoxy) is 1. The van der Waals surface area contributed by atoms with E-state index in [1.54, 1.807) is 28.9 Å².